The lowest BCUT2D eigenvalue weighted by Crippen LogP contribution is -2.26. The Hall–Kier alpha value is -0.0900. The van der Waals surface area contributed by atoms with Gasteiger partial charge in [-0.05, 0) is 71.9 Å². The van der Waals surface area contributed by atoms with E-state index in [-0.39, 0.29) is 11.7 Å². The van der Waals surface area contributed by atoms with Crippen LogP contribution in [0.5, 0.6) is 0 Å². The Morgan fingerprint density at radius 1 is 1.28 bits per heavy atom. The highest BCUT2D eigenvalue weighted by molar-refractivity contribution is 14.1. The summed E-state index contributed by atoms with van der Waals surface area (Å²) >= 11 is 8.21. The molecule has 1 aliphatic rings. The van der Waals surface area contributed by atoms with E-state index in [1.54, 1.807) is 0 Å². The Kier molecular flexibility index (Phi) is 4.70. The van der Waals surface area contributed by atoms with Crippen LogP contribution in [0.1, 0.15) is 43.5 Å². The Bertz CT molecular complexity index is 458. The highest BCUT2D eigenvalue weighted by Gasteiger charge is 2.30. The SMILES string of the molecule is CC1CCC(C(=O)c2cc(Cl)ccc2I)CC1C. The number of rotatable bonds is 2. The first kappa shape index (κ1) is 14.3. The standard InChI is InChI=1S/C15H18ClIO/c1-9-3-4-11(7-10(9)2)15(18)13-8-12(16)5-6-14(13)17/h5-6,8-11H,3-4,7H2,1-2H3. The van der Waals surface area contributed by atoms with Gasteiger partial charge < -0.3 is 0 Å². The molecule has 98 valence electrons. The Labute approximate surface area is 127 Å². The smallest absolute Gasteiger partial charge is 0.167 e. The van der Waals surface area contributed by atoms with Crippen molar-refractivity contribution in [3.63, 3.8) is 0 Å². The van der Waals surface area contributed by atoms with Gasteiger partial charge in [-0.25, -0.2) is 0 Å². The van der Waals surface area contributed by atoms with Gasteiger partial charge in [-0.15, -0.1) is 0 Å². The first-order chi connectivity index (χ1) is 8.49. The van der Waals surface area contributed by atoms with E-state index in [0.29, 0.717) is 10.9 Å². The minimum Gasteiger partial charge on any atom is -0.294 e. The summed E-state index contributed by atoms with van der Waals surface area (Å²) in [5.74, 6) is 1.85. The number of Topliss-reactive ketones (excluding diaryl/α,β-unsaturated/α-hetero) is 1. The second-order valence-corrected chi connectivity index (χ2v) is 7.05. The summed E-state index contributed by atoms with van der Waals surface area (Å²) in [6.07, 6.45) is 3.20. The highest BCUT2D eigenvalue weighted by atomic mass is 127. The van der Waals surface area contributed by atoms with Crippen molar-refractivity contribution in [2.75, 3.05) is 0 Å². The molecule has 0 spiro atoms. The van der Waals surface area contributed by atoms with Crippen molar-refractivity contribution in [2.24, 2.45) is 17.8 Å². The van der Waals surface area contributed by atoms with Crippen LogP contribution in [-0.4, -0.2) is 5.78 Å². The average molecular weight is 377 g/mol. The van der Waals surface area contributed by atoms with Crippen LogP contribution in [0.4, 0.5) is 0 Å². The lowest BCUT2D eigenvalue weighted by Gasteiger charge is -2.31. The largest absolute Gasteiger partial charge is 0.294 e. The molecule has 0 N–H and O–H groups in total. The van der Waals surface area contributed by atoms with Crippen LogP contribution in [0.2, 0.25) is 5.02 Å². The second kappa shape index (κ2) is 5.91. The van der Waals surface area contributed by atoms with Gasteiger partial charge in [0.2, 0.25) is 0 Å². The molecular formula is C15H18ClIO. The Balaban J connectivity index is 2.19. The molecule has 3 unspecified atom stereocenters. The van der Waals surface area contributed by atoms with Gasteiger partial charge in [0, 0.05) is 20.1 Å². The normalized spacial score (nSPS) is 28.1. The lowest BCUT2D eigenvalue weighted by atomic mass is 9.73. The van der Waals surface area contributed by atoms with Crippen LogP contribution in [0.25, 0.3) is 0 Å². The molecule has 0 heterocycles. The van der Waals surface area contributed by atoms with Gasteiger partial charge in [0.1, 0.15) is 0 Å². The Morgan fingerprint density at radius 3 is 2.67 bits per heavy atom. The number of benzene rings is 1. The second-order valence-electron chi connectivity index (χ2n) is 5.45. The Morgan fingerprint density at radius 2 is 2.00 bits per heavy atom. The van der Waals surface area contributed by atoms with E-state index in [9.17, 15) is 4.79 Å². The van der Waals surface area contributed by atoms with Gasteiger partial charge in [0.15, 0.2) is 5.78 Å². The van der Waals surface area contributed by atoms with Gasteiger partial charge in [-0.2, -0.15) is 0 Å². The molecule has 1 aromatic carbocycles. The van der Waals surface area contributed by atoms with Crippen molar-refractivity contribution >= 4 is 40.0 Å². The van der Waals surface area contributed by atoms with Crippen LogP contribution >= 0.6 is 34.2 Å². The molecule has 1 fully saturated rings. The van der Waals surface area contributed by atoms with Crippen LogP contribution in [0.15, 0.2) is 18.2 Å². The zero-order valence-electron chi connectivity index (χ0n) is 10.7. The monoisotopic (exact) mass is 376 g/mol. The number of hydrogen-bond donors (Lipinski definition) is 0. The molecular weight excluding hydrogens is 359 g/mol. The molecule has 1 saturated carbocycles. The highest BCUT2D eigenvalue weighted by Crippen LogP contribution is 2.35. The molecule has 1 aromatic rings. The maximum Gasteiger partial charge on any atom is 0.167 e. The first-order valence-corrected chi connectivity index (χ1v) is 7.94. The van der Waals surface area contributed by atoms with Gasteiger partial charge >= 0.3 is 0 Å². The summed E-state index contributed by atoms with van der Waals surface area (Å²) < 4.78 is 1.01. The minimum atomic E-state index is 0.184. The van der Waals surface area contributed by atoms with Crippen molar-refractivity contribution in [2.45, 2.75) is 33.1 Å². The fourth-order valence-electron chi connectivity index (χ4n) is 2.69. The maximum atomic E-state index is 12.6. The van der Waals surface area contributed by atoms with Gasteiger partial charge in [0.25, 0.3) is 0 Å². The van der Waals surface area contributed by atoms with Crippen molar-refractivity contribution in [3.05, 3.63) is 32.4 Å². The van der Waals surface area contributed by atoms with Gasteiger partial charge in [-0.1, -0.05) is 25.4 Å². The number of carbonyl (C=O) groups excluding carboxylic acids is 1. The van der Waals surface area contributed by atoms with E-state index in [1.807, 2.05) is 18.2 Å². The van der Waals surface area contributed by atoms with E-state index in [2.05, 4.69) is 36.4 Å². The molecule has 0 aliphatic heterocycles. The lowest BCUT2D eigenvalue weighted by molar-refractivity contribution is 0.0836. The van der Waals surface area contributed by atoms with E-state index < -0.39 is 0 Å². The predicted molar refractivity (Wildman–Crippen MR) is 84.2 cm³/mol. The molecule has 3 heteroatoms. The fourth-order valence-corrected chi connectivity index (χ4v) is 3.47. The number of ketones is 1. The molecule has 18 heavy (non-hydrogen) atoms. The molecule has 2 rings (SSSR count). The molecule has 0 aromatic heterocycles. The molecule has 0 saturated heterocycles. The zero-order chi connectivity index (χ0) is 13.3. The third-order valence-corrected chi connectivity index (χ3v) is 5.34. The summed E-state index contributed by atoms with van der Waals surface area (Å²) in [5, 5.41) is 0.649. The van der Waals surface area contributed by atoms with E-state index in [1.165, 1.54) is 0 Å². The van der Waals surface area contributed by atoms with Crippen LogP contribution in [0.3, 0.4) is 0 Å². The van der Waals surface area contributed by atoms with Gasteiger partial charge in [-0.3, -0.25) is 4.79 Å². The number of carbonyl (C=O) groups is 1. The van der Waals surface area contributed by atoms with Crippen molar-refractivity contribution in [3.8, 4) is 0 Å². The third kappa shape index (κ3) is 3.08. The molecule has 1 nitrogen and oxygen atoms in total. The summed E-state index contributed by atoms with van der Waals surface area (Å²) in [5.41, 5.74) is 0.801. The third-order valence-electron chi connectivity index (χ3n) is 4.16. The van der Waals surface area contributed by atoms with E-state index in [0.717, 1.165) is 34.3 Å². The van der Waals surface area contributed by atoms with Crippen LogP contribution in [0, 0.1) is 21.3 Å². The molecule has 0 amide bonds. The van der Waals surface area contributed by atoms with E-state index >= 15 is 0 Å². The van der Waals surface area contributed by atoms with Crippen molar-refractivity contribution < 1.29 is 4.79 Å². The summed E-state index contributed by atoms with van der Waals surface area (Å²) in [6.45, 7) is 4.54. The predicted octanol–water partition coefficient (Wildman–Crippen LogP) is 5.20. The van der Waals surface area contributed by atoms with Crippen molar-refractivity contribution in [1.29, 1.82) is 0 Å². The number of halogens is 2. The molecule has 0 bridgehead atoms. The molecule has 0 radical (unpaired) electrons. The van der Waals surface area contributed by atoms with E-state index in [4.69, 9.17) is 11.6 Å². The topological polar surface area (TPSA) is 17.1 Å². The zero-order valence-corrected chi connectivity index (χ0v) is 13.7. The summed E-state index contributed by atoms with van der Waals surface area (Å²) in [7, 11) is 0. The fraction of sp³-hybridized carbons (Fsp3) is 0.533. The molecule has 3 atom stereocenters. The molecule has 1 aliphatic carbocycles. The first-order valence-electron chi connectivity index (χ1n) is 6.48. The average Bonchev–Trinajstić information content (AvgIpc) is 2.35. The van der Waals surface area contributed by atoms with Gasteiger partial charge in [0.05, 0.1) is 0 Å². The quantitative estimate of drug-likeness (QED) is 0.512. The number of hydrogen-bond acceptors (Lipinski definition) is 1. The maximum absolute atomic E-state index is 12.6. The summed E-state index contributed by atoms with van der Waals surface area (Å²) in [6, 6.07) is 5.57. The van der Waals surface area contributed by atoms with Crippen LogP contribution in [-0.2, 0) is 0 Å². The minimum absolute atomic E-state index is 0.184. The van der Waals surface area contributed by atoms with Crippen molar-refractivity contribution in [1.82, 2.24) is 0 Å². The van der Waals surface area contributed by atoms with Crippen LogP contribution < -0.4 is 0 Å². The summed E-state index contributed by atoms with van der Waals surface area (Å²) in [4.78, 5) is 12.6.